The molecule has 1 heterocycles. The molecule has 15 heavy (non-hydrogen) atoms. The first kappa shape index (κ1) is 11.8. The number of carbonyl (C=O) groups excluding carboxylic acids is 1. The van der Waals surface area contributed by atoms with E-state index in [1.807, 2.05) is 0 Å². The first-order chi connectivity index (χ1) is 7.10. The van der Waals surface area contributed by atoms with Crippen molar-refractivity contribution >= 4 is 17.7 Å². The largest absolute Gasteiger partial charge is 0.462 e. The highest BCUT2D eigenvalue weighted by Crippen LogP contribution is 2.15. The van der Waals surface area contributed by atoms with Crippen molar-refractivity contribution in [3.63, 3.8) is 0 Å². The summed E-state index contributed by atoms with van der Waals surface area (Å²) < 4.78 is 9.78. The molecule has 0 amide bonds. The molecule has 0 atom stereocenters. The Morgan fingerprint density at radius 2 is 2.33 bits per heavy atom. The van der Waals surface area contributed by atoms with E-state index in [0.29, 0.717) is 10.9 Å². The zero-order chi connectivity index (χ0) is 11.4. The number of nitrogens with one attached hydrogen (secondary N) is 1. The molecule has 1 aromatic rings. The van der Waals surface area contributed by atoms with Gasteiger partial charge < -0.3 is 9.15 Å². The minimum atomic E-state index is -0.567. The summed E-state index contributed by atoms with van der Waals surface area (Å²) in [6, 6.07) is 0. The second kappa shape index (κ2) is 4.97. The first-order valence-electron chi connectivity index (χ1n) is 4.37. The Kier molecular flexibility index (Phi) is 3.90. The lowest BCUT2D eigenvalue weighted by molar-refractivity contribution is 0.0513. The zero-order valence-corrected chi connectivity index (χ0v) is 9.60. The molecule has 0 unspecified atom stereocenters. The summed E-state index contributed by atoms with van der Waals surface area (Å²) in [4.78, 5) is 15.5. The molecule has 0 aliphatic carbocycles. The molecule has 1 rings (SSSR count). The van der Waals surface area contributed by atoms with Crippen LogP contribution in [0.25, 0.3) is 0 Å². The van der Waals surface area contributed by atoms with Crippen molar-refractivity contribution < 1.29 is 13.9 Å². The van der Waals surface area contributed by atoms with Gasteiger partial charge in [-0.05, 0) is 13.2 Å². The molecule has 0 saturated heterocycles. The Morgan fingerprint density at radius 3 is 2.87 bits per heavy atom. The van der Waals surface area contributed by atoms with Crippen molar-refractivity contribution in [1.29, 1.82) is 5.41 Å². The summed E-state index contributed by atoms with van der Waals surface area (Å²) in [5.74, 6) is -0.208. The highest BCUT2D eigenvalue weighted by atomic mass is 32.2. The summed E-state index contributed by atoms with van der Waals surface area (Å²) in [7, 11) is 0. The van der Waals surface area contributed by atoms with E-state index in [2.05, 4.69) is 4.98 Å². The third kappa shape index (κ3) is 2.59. The van der Waals surface area contributed by atoms with E-state index in [4.69, 9.17) is 14.6 Å². The first-order valence-corrected chi connectivity index (χ1v) is 5.60. The van der Waals surface area contributed by atoms with Crippen molar-refractivity contribution in [1.82, 2.24) is 4.98 Å². The van der Waals surface area contributed by atoms with E-state index in [1.165, 1.54) is 11.8 Å². The molecular formula is C9H12N2O3S. The monoisotopic (exact) mass is 228 g/mol. The molecule has 0 aliphatic heterocycles. The standard InChI is InChI=1S/C9H12N2O3S/c1-4-13-9(12)6-7(10)14-5(2)11-8(6)15-3/h10H,4H2,1-3H3. The predicted molar refractivity (Wildman–Crippen MR) is 54.8 cm³/mol. The predicted octanol–water partition coefficient (Wildman–Crippen LogP) is 1.36. The summed E-state index contributed by atoms with van der Waals surface area (Å²) in [6.07, 6.45) is 1.78. The molecule has 0 aromatic carbocycles. The maximum absolute atomic E-state index is 11.5. The van der Waals surface area contributed by atoms with Crippen LogP contribution in [0.3, 0.4) is 0 Å². The molecule has 0 fully saturated rings. The van der Waals surface area contributed by atoms with Crippen LogP contribution in [-0.2, 0) is 4.74 Å². The molecule has 0 spiro atoms. The van der Waals surface area contributed by atoms with E-state index >= 15 is 0 Å². The molecule has 0 aliphatic rings. The van der Waals surface area contributed by atoms with E-state index in [1.54, 1.807) is 20.1 Å². The van der Waals surface area contributed by atoms with Gasteiger partial charge in [0.15, 0.2) is 11.5 Å². The highest BCUT2D eigenvalue weighted by Gasteiger charge is 2.18. The lowest BCUT2D eigenvalue weighted by Gasteiger charge is -2.05. The Morgan fingerprint density at radius 1 is 1.67 bits per heavy atom. The van der Waals surface area contributed by atoms with Gasteiger partial charge in [0, 0.05) is 6.92 Å². The van der Waals surface area contributed by atoms with Crippen LogP contribution in [0.2, 0.25) is 0 Å². The summed E-state index contributed by atoms with van der Waals surface area (Å²) in [5.41, 5.74) is -0.111. The van der Waals surface area contributed by atoms with E-state index in [-0.39, 0.29) is 17.7 Å². The molecule has 0 bridgehead atoms. The van der Waals surface area contributed by atoms with Crippen molar-refractivity contribution in [2.75, 3.05) is 12.9 Å². The number of rotatable bonds is 3. The van der Waals surface area contributed by atoms with Crippen LogP contribution >= 0.6 is 11.8 Å². The number of aromatic nitrogens is 1. The average molecular weight is 228 g/mol. The van der Waals surface area contributed by atoms with Crippen LogP contribution < -0.4 is 5.55 Å². The summed E-state index contributed by atoms with van der Waals surface area (Å²) in [6.45, 7) is 3.60. The van der Waals surface area contributed by atoms with Crippen LogP contribution in [0.4, 0.5) is 0 Å². The van der Waals surface area contributed by atoms with Gasteiger partial charge in [-0.15, -0.1) is 11.8 Å². The van der Waals surface area contributed by atoms with Crippen LogP contribution in [0.1, 0.15) is 23.2 Å². The molecule has 0 saturated carbocycles. The molecule has 0 radical (unpaired) electrons. The average Bonchev–Trinajstić information content (AvgIpc) is 2.16. The lowest BCUT2D eigenvalue weighted by Crippen LogP contribution is -2.20. The maximum Gasteiger partial charge on any atom is 0.346 e. The van der Waals surface area contributed by atoms with Crippen LogP contribution in [0, 0.1) is 12.3 Å². The fourth-order valence-electron chi connectivity index (χ4n) is 1.05. The van der Waals surface area contributed by atoms with Gasteiger partial charge in [0.25, 0.3) is 0 Å². The number of hydrogen-bond acceptors (Lipinski definition) is 6. The van der Waals surface area contributed by atoms with Gasteiger partial charge in [-0.25, -0.2) is 9.78 Å². The number of nitrogens with zero attached hydrogens (tertiary/aromatic N) is 1. The topological polar surface area (TPSA) is 76.2 Å². The molecule has 6 heteroatoms. The minimum Gasteiger partial charge on any atom is -0.462 e. The number of thioether (sulfide) groups is 1. The van der Waals surface area contributed by atoms with Gasteiger partial charge in [-0.1, -0.05) is 0 Å². The molecule has 5 nitrogen and oxygen atoms in total. The van der Waals surface area contributed by atoms with Crippen LogP contribution in [0.5, 0.6) is 0 Å². The quantitative estimate of drug-likeness (QED) is 0.624. The normalized spacial score (nSPS) is 10.1. The fraction of sp³-hybridized carbons (Fsp3) is 0.444. The van der Waals surface area contributed by atoms with E-state index < -0.39 is 5.97 Å². The third-order valence-corrected chi connectivity index (χ3v) is 2.30. The second-order valence-corrected chi connectivity index (χ2v) is 3.46. The number of hydrogen-bond donors (Lipinski definition) is 1. The van der Waals surface area contributed by atoms with Gasteiger partial charge in [0.2, 0.25) is 5.55 Å². The Hall–Kier alpha value is -1.30. The number of esters is 1. The smallest absolute Gasteiger partial charge is 0.346 e. The SMILES string of the molecule is CCOC(=O)c1c(SC)nc(C)oc1=N. The van der Waals surface area contributed by atoms with Gasteiger partial charge >= 0.3 is 5.97 Å². The van der Waals surface area contributed by atoms with E-state index in [9.17, 15) is 4.79 Å². The fourth-order valence-corrected chi connectivity index (χ4v) is 1.65. The van der Waals surface area contributed by atoms with E-state index in [0.717, 1.165) is 0 Å². The van der Waals surface area contributed by atoms with Crippen molar-refractivity contribution in [2.45, 2.75) is 18.9 Å². The van der Waals surface area contributed by atoms with Crippen molar-refractivity contribution in [3.05, 3.63) is 17.0 Å². The molecular weight excluding hydrogens is 216 g/mol. The molecule has 1 aromatic heterocycles. The third-order valence-electron chi connectivity index (χ3n) is 1.62. The summed E-state index contributed by atoms with van der Waals surface area (Å²) >= 11 is 1.29. The van der Waals surface area contributed by atoms with Gasteiger partial charge in [-0.2, -0.15) is 0 Å². The summed E-state index contributed by atoms with van der Waals surface area (Å²) in [5, 5.41) is 8.00. The zero-order valence-electron chi connectivity index (χ0n) is 8.79. The maximum atomic E-state index is 11.5. The Balaban J connectivity index is 3.27. The Bertz CT molecular complexity index is 428. The number of carbonyl (C=O) groups is 1. The van der Waals surface area contributed by atoms with Crippen LogP contribution in [-0.4, -0.2) is 23.8 Å². The number of aryl methyl sites for hydroxylation is 1. The van der Waals surface area contributed by atoms with Gasteiger partial charge in [0.1, 0.15) is 5.03 Å². The van der Waals surface area contributed by atoms with Crippen molar-refractivity contribution in [3.8, 4) is 0 Å². The van der Waals surface area contributed by atoms with Crippen molar-refractivity contribution in [2.24, 2.45) is 0 Å². The Labute approximate surface area is 91.4 Å². The molecule has 82 valence electrons. The lowest BCUT2D eigenvalue weighted by atomic mass is 10.3. The van der Waals surface area contributed by atoms with Gasteiger partial charge in [0.05, 0.1) is 6.61 Å². The van der Waals surface area contributed by atoms with Gasteiger partial charge in [-0.3, -0.25) is 5.41 Å². The minimum absolute atomic E-state index is 0.0925. The number of ether oxygens (including phenoxy) is 1. The highest BCUT2D eigenvalue weighted by molar-refractivity contribution is 7.98. The molecule has 1 N–H and O–H groups in total. The van der Waals surface area contributed by atoms with Crippen LogP contribution in [0.15, 0.2) is 9.44 Å². The second-order valence-electron chi connectivity index (χ2n) is 2.67.